The van der Waals surface area contributed by atoms with E-state index < -0.39 is 0 Å². The molecule has 0 atom stereocenters. The van der Waals surface area contributed by atoms with E-state index in [-0.39, 0.29) is 11.8 Å². The molecule has 0 aliphatic heterocycles. The molecule has 2 aromatic carbocycles. The van der Waals surface area contributed by atoms with Gasteiger partial charge in [-0.2, -0.15) is 10.2 Å². The van der Waals surface area contributed by atoms with E-state index in [1.165, 1.54) is 51.9 Å². The first-order valence-corrected chi connectivity index (χ1v) is 11.4. The van der Waals surface area contributed by atoms with Crippen LogP contribution in [-0.2, 0) is 4.79 Å². The van der Waals surface area contributed by atoms with Gasteiger partial charge in [-0.1, -0.05) is 58.3 Å². The Morgan fingerprint density at radius 1 is 0.710 bits per heavy atom. The number of Topliss-reactive ketones (excluding diaryl/α,β-unsaturated/α-hetero) is 1. The zero-order valence-electron chi connectivity index (χ0n) is 18.8. The topological polar surface area (TPSA) is 68.1 Å². The van der Waals surface area contributed by atoms with Gasteiger partial charge < -0.3 is 4.74 Å². The van der Waals surface area contributed by atoms with Gasteiger partial charge in [0, 0.05) is 12.0 Å². The zero-order valence-corrected chi connectivity index (χ0v) is 18.8. The van der Waals surface area contributed by atoms with Crippen LogP contribution in [0.1, 0.15) is 88.4 Å². The lowest BCUT2D eigenvalue weighted by atomic mass is 10.1. The van der Waals surface area contributed by atoms with E-state index in [4.69, 9.17) is 4.74 Å². The fraction of sp³-hybridized carbons (Fsp3) is 0.462. The average Bonchev–Trinajstić information content (AvgIpc) is 2.78. The van der Waals surface area contributed by atoms with Crippen molar-refractivity contribution < 1.29 is 14.3 Å². The molecule has 0 aromatic heterocycles. The van der Waals surface area contributed by atoms with Crippen LogP contribution < -0.4 is 4.74 Å². The maximum Gasteiger partial charge on any atom is 0.311 e. The quantitative estimate of drug-likeness (QED) is 0.101. The summed E-state index contributed by atoms with van der Waals surface area (Å²) in [4.78, 5) is 23.3. The molecular formula is C26H34N2O3. The molecule has 0 spiro atoms. The standard InChI is InChI=1S/C26H34N2O3/c1-3-4-5-6-7-8-9-10-11-12-26(30)31-25-19-17-24(18-20-25)28-27-23-15-13-22(14-16-23)21(2)29/h13-20H,3-12H2,1-2H3. The van der Waals surface area contributed by atoms with Crippen LogP contribution in [0.25, 0.3) is 0 Å². The largest absolute Gasteiger partial charge is 0.427 e. The van der Waals surface area contributed by atoms with Crippen molar-refractivity contribution in [2.24, 2.45) is 10.2 Å². The molecule has 0 bridgehead atoms. The van der Waals surface area contributed by atoms with Crippen LogP contribution in [0.5, 0.6) is 5.75 Å². The third-order valence-corrected chi connectivity index (χ3v) is 5.11. The molecular weight excluding hydrogens is 388 g/mol. The summed E-state index contributed by atoms with van der Waals surface area (Å²) in [5, 5.41) is 8.33. The summed E-state index contributed by atoms with van der Waals surface area (Å²) < 4.78 is 5.40. The molecule has 0 saturated carbocycles. The Bertz CT molecular complexity index is 827. The number of hydrogen-bond acceptors (Lipinski definition) is 5. The van der Waals surface area contributed by atoms with Crippen LogP contribution in [0, 0.1) is 0 Å². The predicted molar refractivity (Wildman–Crippen MR) is 125 cm³/mol. The van der Waals surface area contributed by atoms with Crippen molar-refractivity contribution in [3.05, 3.63) is 54.1 Å². The van der Waals surface area contributed by atoms with Crippen molar-refractivity contribution in [2.75, 3.05) is 0 Å². The summed E-state index contributed by atoms with van der Waals surface area (Å²) in [6.07, 6.45) is 11.5. The molecule has 0 amide bonds. The lowest BCUT2D eigenvalue weighted by molar-refractivity contribution is -0.134. The number of unbranched alkanes of at least 4 members (excludes halogenated alkanes) is 8. The minimum absolute atomic E-state index is 0.0198. The van der Waals surface area contributed by atoms with E-state index in [0.29, 0.717) is 29.1 Å². The molecule has 31 heavy (non-hydrogen) atoms. The van der Waals surface area contributed by atoms with E-state index in [1.54, 1.807) is 48.5 Å². The average molecular weight is 423 g/mol. The van der Waals surface area contributed by atoms with Crippen molar-refractivity contribution >= 4 is 23.1 Å². The van der Waals surface area contributed by atoms with Gasteiger partial charge in [0.1, 0.15) is 5.75 Å². The lowest BCUT2D eigenvalue weighted by Gasteiger charge is -2.05. The SMILES string of the molecule is CCCCCCCCCCCC(=O)Oc1ccc(N=Nc2ccc(C(C)=O)cc2)cc1. The van der Waals surface area contributed by atoms with Gasteiger partial charge in [-0.15, -0.1) is 0 Å². The molecule has 0 unspecified atom stereocenters. The normalized spacial score (nSPS) is 11.0. The second-order valence-corrected chi connectivity index (χ2v) is 7.85. The van der Waals surface area contributed by atoms with Gasteiger partial charge in [0.2, 0.25) is 0 Å². The molecule has 5 heteroatoms. The molecule has 0 aliphatic rings. The maximum absolute atomic E-state index is 12.0. The highest BCUT2D eigenvalue weighted by Gasteiger charge is 2.05. The second-order valence-electron chi connectivity index (χ2n) is 7.85. The van der Waals surface area contributed by atoms with Crippen LogP contribution in [0.2, 0.25) is 0 Å². The third kappa shape index (κ3) is 10.2. The van der Waals surface area contributed by atoms with Crippen molar-refractivity contribution in [1.82, 2.24) is 0 Å². The van der Waals surface area contributed by atoms with Crippen LogP contribution in [-0.4, -0.2) is 11.8 Å². The molecule has 2 aromatic rings. The van der Waals surface area contributed by atoms with E-state index >= 15 is 0 Å². The second kappa shape index (κ2) is 14.2. The van der Waals surface area contributed by atoms with Crippen LogP contribution in [0.15, 0.2) is 58.8 Å². The van der Waals surface area contributed by atoms with Gasteiger partial charge in [0.05, 0.1) is 11.4 Å². The first-order valence-electron chi connectivity index (χ1n) is 11.4. The number of carbonyl (C=O) groups is 2. The van der Waals surface area contributed by atoms with Gasteiger partial charge in [-0.3, -0.25) is 9.59 Å². The summed E-state index contributed by atoms with van der Waals surface area (Å²) in [5.41, 5.74) is 1.98. The molecule has 166 valence electrons. The molecule has 0 aliphatic carbocycles. The van der Waals surface area contributed by atoms with E-state index in [9.17, 15) is 9.59 Å². The highest BCUT2D eigenvalue weighted by molar-refractivity contribution is 5.94. The highest BCUT2D eigenvalue weighted by atomic mass is 16.5. The number of nitrogens with zero attached hydrogens (tertiary/aromatic N) is 2. The zero-order chi connectivity index (χ0) is 22.3. The Morgan fingerprint density at radius 3 is 1.71 bits per heavy atom. The summed E-state index contributed by atoms with van der Waals surface area (Å²) in [6, 6.07) is 13.9. The fourth-order valence-corrected chi connectivity index (χ4v) is 3.22. The Morgan fingerprint density at radius 2 is 1.19 bits per heavy atom. The number of azo groups is 1. The molecule has 5 nitrogen and oxygen atoms in total. The van der Waals surface area contributed by atoms with Gasteiger partial charge in [0.15, 0.2) is 5.78 Å². The third-order valence-electron chi connectivity index (χ3n) is 5.11. The number of ether oxygens (including phenoxy) is 1. The predicted octanol–water partition coefficient (Wildman–Crippen LogP) is 8.13. The minimum atomic E-state index is -0.192. The first kappa shape index (κ1) is 24.4. The minimum Gasteiger partial charge on any atom is -0.427 e. The van der Waals surface area contributed by atoms with Crippen molar-refractivity contribution in [3.63, 3.8) is 0 Å². The van der Waals surface area contributed by atoms with Crippen molar-refractivity contribution in [2.45, 2.75) is 78.1 Å². The summed E-state index contributed by atoms with van der Waals surface area (Å²) in [6.45, 7) is 3.76. The van der Waals surface area contributed by atoms with E-state index in [1.807, 2.05) is 0 Å². The first-order chi connectivity index (χ1) is 15.1. The number of carbonyl (C=O) groups excluding carboxylic acids is 2. The summed E-state index contributed by atoms with van der Waals surface area (Å²) in [5.74, 6) is 0.347. The number of hydrogen-bond donors (Lipinski definition) is 0. The van der Waals surface area contributed by atoms with Crippen LogP contribution >= 0.6 is 0 Å². The number of esters is 1. The highest BCUT2D eigenvalue weighted by Crippen LogP contribution is 2.22. The van der Waals surface area contributed by atoms with Gasteiger partial charge in [-0.05, 0) is 61.9 Å². The van der Waals surface area contributed by atoms with Gasteiger partial charge in [-0.25, -0.2) is 0 Å². The molecule has 0 heterocycles. The van der Waals surface area contributed by atoms with Crippen molar-refractivity contribution in [1.29, 1.82) is 0 Å². The smallest absolute Gasteiger partial charge is 0.311 e. The van der Waals surface area contributed by atoms with E-state index in [2.05, 4.69) is 17.2 Å². The summed E-state index contributed by atoms with van der Waals surface area (Å²) >= 11 is 0. The Balaban J connectivity index is 1.66. The van der Waals surface area contributed by atoms with E-state index in [0.717, 1.165) is 12.8 Å². The number of benzene rings is 2. The monoisotopic (exact) mass is 422 g/mol. The summed E-state index contributed by atoms with van der Waals surface area (Å²) in [7, 11) is 0. The molecule has 0 fully saturated rings. The van der Waals surface area contributed by atoms with Gasteiger partial charge in [0.25, 0.3) is 0 Å². The number of rotatable bonds is 14. The van der Waals surface area contributed by atoms with Crippen LogP contribution in [0.3, 0.4) is 0 Å². The number of ketones is 1. The van der Waals surface area contributed by atoms with Crippen LogP contribution in [0.4, 0.5) is 11.4 Å². The molecule has 0 saturated heterocycles. The maximum atomic E-state index is 12.0. The Labute approximate surface area is 185 Å². The Kier molecular flexibility index (Phi) is 11.2. The van der Waals surface area contributed by atoms with Crippen molar-refractivity contribution in [3.8, 4) is 5.75 Å². The fourth-order valence-electron chi connectivity index (χ4n) is 3.22. The Hall–Kier alpha value is -2.82. The lowest BCUT2D eigenvalue weighted by Crippen LogP contribution is -2.07. The van der Waals surface area contributed by atoms with Gasteiger partial charge >= 0.3 is 5.97 Å². The molecule has 0 radical (unpaired) electrons. The molecule has 0 N–H and O–H groups in total. The molecule has 2 rings (SSSR count).